The fraction of sp³-hybridized carbons (Fsp3) is 0.348. The van der Waals surface area contributed by atoms with Gasteiger partial charge in [-0.25, -0.2) is 24.4 Å². The van der Waals surface area contributed by atoms with Gasteiger partial charge in [-0.1, -0.05) is 58.4 Å². The molecule has 0 aliphatic heterocycles. The lowest BCUT2D eigenvalue weighted by Gasteiger charge is -2.32. The predicted octanol–water partition coefficient (Wildman–Crippen LogP) is 4.91. The first-order valence-corrected chi connectivity index (χ1v) is 10.7. The molecule has 32 heavy (non-hydrogen) atoms. The Morgan fingerprint density at radius 2 is 1.50 bits per heavy atom. The van der Waals surface area contributed by atoms with Crippen molar-refractivity contribution in [1.29, 1.82) is 0 Å². The number of hydrazine groups is 1. The van der Waals surface area contributed by atoms with Crippen molar-refractivity contribution in [3.63, 3.8) is 0 Å². The van der Waals surface area contributed by atoms with Gasteiger partial charge in [0.15, 0.2) is 6.61 Å². The van der Waals surface area contributed by atoms with Gasteiger partial charge in [-0.15, -0.1) is 0 Å². The number of rotatable bonds is 6. The number of esters is 1. The van der Waals surface area contributed by atoms with Crippen LogP contribution < -0.4 is 0 Å². The van der Waals surface area contributed by atoms with Crippen molar-refractivity contribution in [2.24, 2.45) is 0 Å². The molecule has 0 aromatic heterocycles. The Bertz CT molecular complexity index is 912. The van der Waals surface area contributed by atoms with Crippen molar-refractivity contribution in [3.05, 3.63) is 70.2 Å². The zero-order valence-electron chi connectivity index (χ0n) is 18.5. The maximum absolute atomic E-state index is 12.7. The number of ether oxygens (including phenoxy) is 3. The van der Waals surface area contributed by atoms with Gasteiger partial charge in [0.25, 0.3) is 0 Å². The van der Waals surface area contributed by atoms with Crippen LogP contribution >= 0.6 is 15.9 Å². The summed E-state index contributed by atoms with van der Waals surface area (Å²) in [5.41, 5.74) is 0.806. The van der Waals surface area contributed by atoms with E-state index >= 15 is 0 Å². The molecule has 0 radical (unpaired) electrons. The number of nitrogens with zero attached hydrogens (tertiary/aromatic N) is 2. The van der Waals surface area contributed by atoms with Gasteiger partial charge >= 0.3 is 18.2 Å². The molecule has 172 valence electrons. The Morgan fingerprint density at radius 1 is 0.875 bits per heavy atom. The van der Waals surface area contributed by atoms with Crippen LogP contribution in [-0.2, 0) is 32.2 Å². The lowest BCUT2D eigenvalue weighted by atomic mass is 10.2. The third-order valence-electron chi connectivity index (χ3n) is 4.03. The lowest BCUT2D eigenvalue weighted by Crippen LogP contribution is -2.49. The molecule has 0 saturated heterocycles. The summed E-state index contributed by atoms with van der Waals surface area (Å²) < 4.78 is 16.4. The van der Waals surface area contributed by atoms with Crippen LogP contribution in [0, 0.1) is 0 Å². The molecule has 2 amide bonds. The fourth-order valence-electron chi connectivity index (χ4n) is 2.46. The van der Waals surface area contributed by atoms with Crippen LogP contribution in [0.1, 0.15) is 31.9 Å². The summed E-state index contributed by atoms with van der Waals surface area (Å²) in [4.78, 5) is 37.2. The number of carbonyl (C=O) groups excluding carboxylic acids is 3. The van der Waals surface area contributed by atoms with E-state index in [1.54, 1.807) is 32.9 Å². The van der Waals surface area contributed by atoms with Crippen molar-refractivity contribution in [3.8, 4) is 0 Å². The van der Waals surface area contributed by atoms with Crippen molar-refractivity contribution < 1.29 is 28.6 Å². The first kappa shape index (κ1) is 25.2. The highest BCUT2D eigenvalue weighted by molar-refractivity contribution is 9.10. The minimum atomic E-state index is -0.891. The van der Waals surface area contributed by atoms with E-state index in [0.717, 1.165) is 25.6 Å². The number of hydrogen-bond donors (Lipinski definition) is 0. The fourth-order valence-corrected chi connectivity index (χ4v) is 2.72. The molecule has 9 heteroatoms. The molecule has 0 bridgehead atoms. The Kier molecular flexibility index (Phi) is 9.07. The second-order valence-electron chi connectivity index (χ2n) is 7.89. The quantitative estimate of drug-likeness (QED) is 0.314. The van der Waals surface area contributed by atoms with E-state index < -0.39 is 30.4 Å². The standard InChI is InChI=1S/C23H27BrN2O6/c1-23(2,3)32-21(28)25(4)26(14-17-10-12-19(24)13-11-17)22(29)31-16-20(27)30-15-18-8-6-5-7-9-18/h5-13H,14-16H2,1-4H3. The van der Waals surface area contributed by atoms with Gasteiger partial charge in [0.1, 0.15) is 12.2 Å². The Balaban J connectivity index is 2.02. The number of halogens is 1. The average molecular weight is 507 g/mol. The van der Waals surface area contributed by atoms with E-state index in [1.807, 2.05) is 42.5 Å². The maximum Gasteiger partial charge on any atom is 0.429 e. The third-order valence-corrected chi connectivity index (χ3v) is 4.56. The van der Waals surface area contributed by atoms with E-state index in [0.29, 0.717) is 0 Å². The Labute approximate surface area is 196 Å². The van der Waals surface area contributed by atoms with E-state index in [4.69, 9.17) is 14.2 Å². The highest BCUT2D eigenvalue weighted by atomic mass is 79.9. The number of benzene rings is 2. The normalized spacial score (nSPS) is 10.8. The van der Waals surface area contributed by atoms with Gasteiger partial charge in [-0.3, -0.25) is 0 Å². The molecule has 0 aliphatic rings. The van der Waals surface area contributed by atoms with E-state index in [1.165, 1.54) is 7.05 Å². The van der Waals surface area contributed by atoms with Gasteiger partial charge in [0.05, 0.1) is 6.54 Å². The molecule has 0 fully saturated rings. The molecule has 2 aromatic carbocycles. The summed E-state index contributed by atoms with van der Waals surface area (Å²) in [6.07, 6.45) is -1.63. The molecular weight excluding hydrogens is 480 g/mol. The number of hydrogen-bond acceptors (Lipinski definition) is 6. The molecule has 0 heterocycles. The number of amides is 2. The van der Waals surface area contributed by atoms with Gasteiger partial charge < -0.3 is 14.2 Å². The molecule has 0 saturated carbocycles. The molecule has 0 N–H and O–H groups in total. The highest BCUT2D eigenvalue weighted by Crippen LogP contribution is 2.16. The van der Waals surface area contributed by atoms with Gasteiger partial charge in [-0.2, -0.15) is 0 Å². The maximum atomic E-state index is 12.7. The first-order chi connectivity index (χ1) is 15.0. The Morgan fingerprint density at radius 3 is 2.09 bits per heavy atom. The minimum Gasteiger partial charge on any atom is -0.458 e. The molecule has 0 spiro atoms. The monoisotopic (exact) mass is 506 g/mol. The van der Waals surface area contributed by atoms with E-state index in [2.05, 4.69) is 15.9 Å². The van der Waals surface area contributed by atoms with Gasteiger partial charge in [0, 0.05) is 11.5 Å². The van der Waals surface area contributed by atoms with Crippen LogP contribution in [0.4, 0.5) is 9.59 Å². The van der Waals surface area contributed by atoms with Crippen LogP contribution in [0.2, 0.25) is 0 Å². The van der Waals surface area contributed by atoms with Crippen molar-refractivity contribution >= 4 is 34.1 Å². The largest absolute Gasteiger partial charge is 0.458 e. The van der Waals surface area contributed by atoms with E-state index in [9.17, 15) is 14.4 Å². The van der Waals surface area contributed by atoms with Crippen LogP contribution in [0.5, 0.6) is 0 Å². The third kappa shape index (κ3) is 8.58. The van der Waals surface area contributed by atoms with Gasteiger partial charge in [0.2, 0.25) is 0 Å². The zero-order chi connectivity index (χ0) is 23.7. The van der Waals surface area contributed by atoms with Crippen LogP contribution in [0.15, 0.2) is 59.1 Å². The molecule has 8 nitrogen and oxygen atoms in total. The summed E-state index contributed by atoms with van der Waals surface area (Å²) in [7, 11) is 1.39. The highest BCUT2D eigenvalue weighted by Gasteiger charge is 2.29. The second-order valence-corrected chi connectivity index (χ2v) is 8.80. The predicted molar refractivity (Wildman–Crippen MR) is 121 cm³/mol. The SMILES string of the molecule is CN(C(=O)OC(C)(C)C)N(Cc1ccc(Br)cc1)C(=O)OCC(=O)OCc1ccccc1. The minimum absolute atomic E-state index is 0.0287. The summed E-state index contributed by atoms with van der Waals surface area (Å²) in [5, 5.41) is 2.08. The molecule has 2 aromatic rings. The summed E-state index contributed by atoms with van der Waals surface area (Å²) in [6.45, 7) is 4.67. The first-order valence-electron chi connectivity index (χ1n) is 9.90. The Hall–Kier alpha value is -3.07. The molecular formula is C23H27BrN2O6. The van der Waals surface area contributed by atoms with Crippen molar-refractivity contribution in [1.82, 2.24) is 10.0 Å². The average Bonchev–Trinajstić information content (AvgIpc) is 2.74. The van der Waals surface area contributed by atoms with Crippen LogP contribution in [0.25, 0.3) is 0 Å². The lowest BCUT2D eigenvalue weighted by molar-refractivity contribution is -0.149. The van der Waals surface area contributed by atoms with Gasteiger partial charge in [-0.05, 0) is 44.0 Å². The van der Waals surface area contributed by atoms with Crippen molar-refractivity contribution in [2.45, 2.75) is 39.5 Å². The van der Waals surface area contributed by atoms with Crippen LogP contribution in [0.3, 0.4) is 0 Å². The van der Waals surface area contributed by atoms with Crippen LogP contribution in [-0.4, -0.2) is 47.4 Å². The topological polar surface area (TPSA) is 85.4 Å². The summed E-state index contributed by atoms with van der Waals surface area (Å²) >= 11 is 3.36. The molecule has 2 rings (SSSR count). The zero-order valence-corrected chi connectivity index (χ0v) is 20.1. The molecule has 0 atom stereocenters. The second kappa shape index (κ2) is 11.5. The van der Waals surface area contributed by atoms with Crippen molar-refractivity contribution in [2.75, 3.05) is 13.7 Å². The molecule has 0 aliphatic carbocycles. The smallest absolute Gasteiger partial charge is 0.429 e. The summed E-state index contributed by atoms with van der Waals surface area (Å²) in [5.74, 6) is -0.703. The van der Waals surface area contributed by atoms with E-state index in [-0.39, 0.29) is 13.2 Å². The molecule has 0 unspecified atom stereocenters. The number of carbonyl (C=O) groups is 3. The summed E-state index contributed by atoms with van der Waals surface area (Å²) in [6, 6.07) is 16.4.